The maximum atomic E-state index is 12.7. The molecule has 0 unspecified atom stereocenters. The second-order valence-corrected chi connectivity index (χ2v) is 10.6. The minimum atomic E-state index is -3.82. The minimum absolute atomic E-state index is 0.0820. The first kappa shape index (κ1) is 26.2. The van der Waals surface area contributed by atoms with Crippen LogP contribution in [0.2, 0.25) is 0 Å². The van der Waals surface area contributed by atoms with Crippen LogP contribution < -0.4 is 15.7 Å². The van der Waals surface area contributed by atoms with E-state index < -0.39 is 34.6 Å². The smallest absolute Gasteiger partial charge is 0.334 e. The Kier molecular flexibility index (Phi) is 11.4. The molecular formula is C15H21Cl5N3O4P. The fraction of sp³-hybridized carbons (Fsp3) is 0.533. The fourth-order valence-corrected chi connectivity index (χ4v) is 4.33. The summed E-state index contributed by atoms with van der Waals surface area (Å²) in [5.41, 5.74) is 0.371. The van der Waals surface area contributed by atoms with Gasteiger partial charge in [0.05, 0.1) is 13.2 Å². The van der Waals surface area contributed by atoms with Crippen LogP contribution in [0.1, 0.15) is 24.2 Å². The summed E-state index contributed by atoms with van der Waals surface area (Å²) in [6.45, 7) is 3.42. The number of nitrogens with one attached hydrogen (secondary N) is 3. The number of carbonyl (C=O) groups excluding carboxylic acids is 1. The summed E-state index contributed by atoms with van der Waals surface area (Å²) in [6.07, 6.45) is -2.37. The van der Waals surface area contributed by atoms with Crippen molar-refractivity contribution < 1.29 is 18.4 Å². The number of hydrogen-bond donors (Lipinski definition) is 3. The molecule has 0 aromatic heterocycles. The number of benzene rings is 1. The first-order chi connectivity index (χ1) is 13.0. The van der Waals surface area contributed by atoms with E-state index >= 15 is 0 Å². The van der Waals surface area contributed by atoms with Crippen LogP contribution >= 0.6 is 65.8 Å². The molecule has 0 saturated heterocycles. The molecule has 0 aliphatic carbocycles. The SMILES string of the molecule is CCOP(=O)(N[C@@H](N[C@@H](NC(=O)c1ccccc1)C(Cl)Cl)C(Cl)(Cl)Cl)OCC. The number of halogens is 5. The van der Waals surface area contributed by atoms with E-state index in [4.69, 9.17) is 67.1 Å². The van der Waals surface area contributed by atoms with Gasteiger partial charge in [-0.25, -0.2) is 9.65 Å². The number of amides is 1. The molecule has 0 heterocycles. The highest BCUT2D eigenvalue weighted by Crippen LogP contribution is 2.46. The van der Waals surface area contributed by atoms with Gasteiger partial charge in [-0.3, -0.25) is 19.2 Å². The van der Waals surface area contributed by atoms with Crippen molar-refractivity contribution in [3.05, 3.63) is 35.9 Å². The van der Waals surface area contributed by atoms with Crippen LogP contribution in [0.4, 0.5) is 0 Å². The van der Waals surface area contributed by atoms with Gasteiger partial charge in [-0.15, -0.1) is 23.2 Å². The van der Waals surface area contributed by atoms with E-state index in [1.54, 1.807) is 44.2 Å². The third-order valence-corrected chi connectivity index (χ3v) is 6.06. The number of alkyl halides is 5. The molecule has 0 fully saturated rings. The van der Waals surface area contributed by atoms with Crippen LogP contribution in [-0.2, 0) is 13.6 Å². The molecule has 13 heteroatoms. The number of carbonyl (C=O) groups is 1. The van der Waals surface area contributed by atoms with E-state index in [0.717, 1.165) is 0 Å². The Hall–Kier alpha value is 0.210. The first-order valence-corrected chi connectivity index (χ1v) is 11.7. The normalized spacial score (nSPS) is 14.7. The molecule has 0 aliphatic rings. The van der Waals surface area contributed by atoms with E-state index in [-0.39, 0.29) is 13.2 Å². The Labute approximate surface area is 189 Å². The molecule has 1 amide bonds. The summed E-state index contributed by atoms with van der Waals surface area (Å²) in [7, 11) is -3.82. The van der Waals surface area contributed by atoms with Crippen molar-refractivity contribution in [1.29, 1.82) is 0 Å². The highest BCUT2D eigenvalue weighted by molar-refractivity contribution is 7.51. The molecule has 0 saturated carbocycles. The zero-order valence-corrected chi connectivity index (χ0v) is 19.7. The average molecular weight is 516 g/mol. The van der Waals surface area contributed by atoms with Crippen molar-refractivity contribution in [2.75, 3.05) is 13.2 Å². The maximum Gasteiger partial charge on any atom is 0.406 e. The van der Waals surface area contributed by atoms with E-state index in [1.807, 2.05) is 0 Å². The number of hydrogen-bond acceptors (Lipinski definition) is 5. The topological polar surface area (TPSA) is 88.7 Å². The predicted molar refractivity (Wildman–Crippen MR) is 114 cm³/mol. The third-order valence-electron chi connectivity index (χ3n) is 3.13. The fourth-order valence-electron chi connectivity index (χ4n) is 1.99. The molecule has 1 aromatic rings. The highest BCUT2D eigenvalue weighted by Gasteiger charge is 2.41. The summed E-state index contributed by atoms with van der Waals surface area (Å²) in [6, 6.07) is 8.37. The Morgan fingerprint density at radius 2 is 1.64 bits per heavy atom. The van der Waals surface area contributed by atoms with Crippen LogP contribution in [0.3, 0.4) is 0 Å². The van der Waals surface area contributed by atoms with Gasteiger partial charge in [0.1, 0.15) is 17.2 Å². The second-order valence-electron chi connectivity index (χ2n) is 5.26. The molecule has 2 atom stereocenters. The first-order valence-electron chi connectivity index (χ1n) is 8.16. The van der Waals surface area contributed by atoms with Gasteiger partial charge in [0.15, 0.2) is 0 Å². The van der Waals surface area contributed by atoms with E-state index in [2.05, 4.69) is 15.7 Å². The maximum absolute atomic E-state index is 12.7. The summed E-state index contributed by atoms with van der Waals surface area (Å²) < 4.78 is 21.0. The van der Waals surface area contributed by atoms with Gasteiger partial charge in [0.25, 0.3) is 5.91 Å². The summed E-state index contributed by atoms with van der Waals surface area (Å²) in [5, 5.41) is 7.82. The molecule has 1 rings (SSSR count). The third kappa shape index (κ3) is 8.92. The molecule has 0 radical (unpaired) electrons. The van der Waals surface area contributed by atoms with Crippen LogP contribution in [0, 0.1) is 0 Å². The average Bonchev–Trinajstić information content (AvgIpc) is 2.60. The van der Waals surface area contributed by atoms with Crippen molar-refractivity contribution in [2.24, 2.45) is 0 Å². The van der Waals surface area contributed by atoms with Gasteiger partial charge in [-0.05, 0) is 26.0 Å². The zero-order chi connectivity index (χ0) is 21.4. The Morgan fingerprint density at radius 1 is 1.11 bits per heavy atom. The van der Waals surface area contributed by atoms with Crippen LogP contribution in [0.5, 0.6) is 0 Å². The molecule has 7 nitrogen and oxygen atoms in total. The van der Waals surface area contributed by atoms with Crippen LogP contribution in [-0.4, -0.2) is 40.1 Å². The van der Waals surface area contributed by atoms with Gasteiger partial charge >= 0.3 is 7.75 Å². The monoisotopic (exact) mass is 513 g/mol. The molecule has 28 heavy (non-hydrogen) atoms. The van der Waals surface area contributed by atoms with Gasteiger partial charge in [-0.2, -0.15) is 0 Å². The predicted octanol–water partition coefficient (Wildman–Crippen LogP) is 4.60. The van der Waals surface area contributed by atoms with Crippen molar-refractivity contribution in [3.8, 4) is 0 Å². The van der Waals surface area contributed by atoms with Gasteiger partial charge in [-0.1, -0.05) is 53.0 Å². The van der Waals surface area contributed by atoms with Crippen molar-refractivity contribution in [1.82, 2.24) is 15.7 Å². The zero-order valence-electron chi connectivity index (χ0n) is 15.0. The highest BCUT2D eigenvalue weighted by atomic mass is 35.6. The lowest BCUT2D eigenvalue weighted by atomic mass is 10.2. The lowest BCUT2D eigenvalue weighted by Crippen LogP contribution is -2.60. The summed E-state index contributed by atoms with van der Waals surface area (Å²) in [5.74, 6) is -0.467. The lowest BCUT2D eigenvalue weighted by Gasteiger charge is -2.33. The minimum Gasteiger partial charge on any atom is -0.334 e. The van der Waals surface area contributed by atoms with Crippen molar-refractivity contribution in [3.63, 3.8) is 0 Å². The van der Waals surface area contributed by atoms with Crippen LogP contribution in [0.25, 0.3) is 0 Å². The van der Waals surface area contributed by atoms with Crippen LogP contribution in [0.15, 0.2) is 30.3 Å². The Bertz CT molecular complexity index is 653. The largest absolute Gasteiger partial charge is 0.406 e. The molecule has 1 aromatic carbocycles. The Morgan fingerprint density at radius 3 is 2.07 bits per heavy atom. The van der Waals surface area contributed by atoms with E-state index in [9.17, 15) is 9.36 Å². The standard InChI is InChI=1S/C15H21Cl5N3O4P/c1-3-26-28(25,27-4-2)23-14(15(18,19)20)22-12(11(16)17)21-13(24)10-8-6-5-7-9-10/h5-9,11-12,14,22H,3-4H2,1-2H3,(H,21,24)(H,23,25)/t12-,14-/m1/s1. The second kappa shape index (κ2) is 12.2. The van der Waals surface area contributed by atoms with Gasteiger partial charge in [0, 0.05) is 5.56 Å². The molecular weight excluding hydrogens is 494 g/mol. The molecule has 3 N–H and O–H groups in total. The molecule has 160 valence electrons. The summed E-state index contributed by atoms with van der Waals surface area (Å²) >= 11 is 29.9. The molecule has 0 spiro atoms. The summed E-state index contributed by atoms with van der Waals surface area (Å²) in [4.78, 5) is 11.3. The van der Waals surface area contributed by atoms with Crippen molar-refractivity contribution >= 4 is 71.7 Å². The quantitative estimate of drug-likeness (QED) is 0.227. The van der Waals surface area contributed by atoms with Gasteiger partial charge < -0.3 is 5.32 Å². The molecule has 0 aliphatic heterocycles. The number of rotatable bonds is 11. The lowest BCUT2D eigenvalue weighted by molar-refractivity contribution is 0.0928. The molecule has 0 bridgehead atoms. The van der Waals surface area contributed by atoms with Crippen molar-refractivity contribution in [2.45, 2.75) is 34.8 Å². The van der Waals surface area contributed by atoms with E-state index in [0.29, 0.717) is 5.56 Å². The Balaban J connectivity index is 3.00. The van der Waals surface area contributed by atoms with Gasteiger partial charge in [0.2, 0.25) is 3.79 Å². The van der Waals surface area contributed by atoms with E-state index in [1.165, 1.54) is 0 Å².